The van der Waals surface area contributed by atoms with Crippen LogP contribution in [0.25, 0.3) is 11.0 Å². The molecule has 6 nitrogen and oxygen atoms in total. The Balaban J connectivity index is 1.58. The van der Waals surface area contributed by atoms with Crippen LogP contribution in [0.15, 0.2) is 42.5 Å². The van der Waals surface area contributed by atoms with Crippen molar-refractivity contribution in [1.82, 2.24) is 9.55 Å². The maximum Gasteiger partial charge on any atom is 0.246 e. The van der Waals surface area contributed by atoms with Crippen molar-refractivity contribution < 1.29 is 9.53 Å². The number of aryl methyl sites for hydroxylation is 1. The number of hydrogen-bond donors (Lipinski definition) is 2. The molecule has 1 saturated heterocycles. The van der Waals surface area contributed by atoms with Crippen LogP contribution in [0.1, 0.15) is 49.2 Å². The van der Waals surface area contributed by atoms with E-state index in [2.05, 4.69) is 53.2 Å². The number of carbonyl (C=O) groups excluding carboxylic acids is 1. The summed E-state index contributed by atoms with van der Waals surface area (Å²) in [6.07, 6.45) is 3.94. The number of imidazole rings is 1. The highest BCUT2D eigenvalue weighted by Crippen LogP contribution is 2.36. The predicted molar refractivity (Wildman–Crippen MR) is 118 cm³/mol. The number of ether oxygens (including phenoxy) is 1. The Kier molecular flexibility index (Phi) is 4.95. The number of rotatable bonds is 4. The summed E-state index contributed by atoms with van der Waals surface area (Å²) in [5.41, 5.74) is 11.4. The molecule has 156 valence electrons. The molecule has 2 aliphatic heterocycles. The molecule has 3 N–H and O–H groups in total. The van der Waals surface area contributed by atoms with Crippen LogP contribution in [0.4, 0.5) is 5.69 Å². The molecule has 6 heteroatoms. The van der Waals surface area contributed by atoms with Crippen molar-refractivity contribution in [2.45, 2.75) is 57.2 Å². The van der Waals surface area contributed by atoms with Gasteiger partial charge in [-0.3, -0.25) is 4.79 Å². The number of hydrogen-bond acceptors (Lipinski definition) is 4. The normalized spacial score (nSPS) is 23.7. The summed E-state index contributed by atoms with van der Waals surface area (Å²) in [6, 6.07) is 15.5. The SMILES string of the molecule is C[C@H]1CCc2c(ccc3c2nc(Cc2ccccc2)n3[C@@H]2CC[C@@H](C(N)=O)OC2)N1. The third kappa shape index (κ3) is 3.45. The Morgan fingerprint density at radius 2 is 2.03 bits per heavy atom. The third-order valence-corrected chi connectivity index (χ3v) is 6.41. The van der Waals surface area contributed by atoms with Gasteiger partial charge in [0.1, 0.15) is 11.9 Å². The average molecular weight is 405 g/mol. The molecule has 1 amide bonds. The Bertz CT molecular complexity index is 1070. The summed E-state index contributed by atoms with van der Waals surface area (Å²) in [4.78, 5) is 16.7. The second kappa shape index (κ2) is 7.76. The number of nitrogens with zero attached hydrogens (tertiary/aromatic N) is 2. The number of benzene rings is 2. The molecule has 30 heavy (non-hydrogen) atoms. The zero-order valence-corrected chi connectivity index (χ0v) is 17.3. The molecule has 2 aromatic carbocycles. The monoisotopic (exact) mass is 404 g/mol. The molecule has 1 aromatic heterocycles. The fourth-order valence-corrected chi connectivity index (χ4v) is 4.83. The van der Waals surface area contributed by atoms with Crippen LogP contribution in [-0.4, -0.2) is 34.2 Å². The van der Waals surface area contributed by atoms with Crippen molar-refractivity contribution in [1.29, 1.82) is 0 Å². The highest BCUT2D eigenvalue weighted by molar-refractivity contribution is 5.86. The Morgan fingerprint density at radius 3 is 2.77 bits per heavy atom. The Morgan fingerprint density at radius 1 is 1.20 bits per heavy atom. The van der Waals surface area contributed by atoms with Crippen LogP contribution >= 0.6 is 0 Å². The van der Waals surface area contributed by atoms with Gasteiger partial charge in [0.15, 0.2) is 0 Å². The van der Waals surface area contributed by atoms with Crippen molar-refractivity contribution in [3.05, 3.63) is 59.4 Å². The van der Waals surface area contributed by atoms with E-state index in [0.717, 1.165) is 42.5 Å². The number of carbonyl (C=O) groups is 1. The molecule has 5 rings (SSSR count). The van der Waals surface area contributed by atoms with Crippen molar-refractivity contribution >= 4 is 22.6 Å². The lowest BCUT2D eigenvalue weighted by Gasteiger charge is -2.30. The smallest absolute Gasteiger partial charge is 0.246 e. The van der Waals surface area contributed by atoms with E-state index < -0.39 is 6.10 Å². The quantitative estimate of drug-likeness (QED) is 0.696. The summed E-state index contributed by atoms with van der Waals surface area (Å²) in [5, 5.41) is 3.60. The topological polar surface area (TPSA) is 82.2 Å². The van der Waals surface area contributed by atoms with Gasteiger partial charge in [0.25, 0.3) is 0 Å². The third-order valence-electron chi connectivity index (χ3n) is 6.41. The van der Waals surface area contributed by atoms with Gasteiger partial charge in [0.05, 0.1) is 23.7 Å². The lowest BCUT2D eigenvalue weighted by atomic mass is 9.97. The molecule has 3 atom stereocenters. The van der Waals surface area contributed by atoms with Gasteiger partial charge in [-0.25, -0.2) is 4.98 Å². The number of anilines is 1. The number of aromatic nitrogens is 2. The number of amides is 1. The van der Waals surface area contributed by atoms with Gasteiger partial charge < -0.3 is 20.4 Å². The van der Waals surface area contributed by atoms with Crippen LogP contribution in [0.2, 0.25) is 0 Å². The minimum Gasteiger partial charge on any atom is -0.382 e. The van der Waals surface area contributed by atoms with Crippen LogP contribution in [0.5, 0.6) is 0 Å². The predicted octanol–water partition coefficient (Wildman–Crippen LogP) is 3.58. The average Bonchev–Trinajstić information content (AvgIpc) is 3.12. The van der Waals surface area contributed by atoms with Crippen molar-refractivity contribution in [3.63, 3.8) is 0 Å². The van der Waals surface area contributed by atoms with E-state index in [-0.39, 0.29) is 11.9 Å². The van der Waals surface area contributed by atoms with Gasteiger partial charge in [0, 0.05) is 23.7 Å². The number of fused-ring (bicyclic) bond motifs is 3. The second-order valence-electron chi connectivity index (χ2n) is 8.56. The van der Waals surface area contributed by atoms with E-state index in [1.54, 1.807) is 0 Å². The fraction of sp³-hybridized carbons (Fsp3) is 0.417. The van der Waals surface area contributed by atoms with E-state index >= 15 is 0 Å². The van der Waals surface area contributed by atoms with Crippen LogP contribution in [0, 0.1) is 0 Å². The lowest BCUT2D eigenvalue weighted by molar-refractivity contribution is -0.133. The second-order valence-corrected chi connectivity index (χ2v) is 8.56. The zero-order chi connectivity index (χ0) is 20.7. The lowest BCUT2D eigenvalue weighted by Crippen LogP contribution is -2.37. The summed E-state index contributed by atoms with van der Waals surface area (Å²) in [7, 11) is 0. The number of nitrogens with one attached hydrogen (secondary N) is 1. The minimum absolute atomic E-state index is 0.151. The first-order valence-corrected chi connectivity index (χ1v) is 10.8. The summed E-state index contributed by atoms with van der Waals surface area (Å²) < 4.78 is 8.17. The summed E-state index contributed by atoms with van der Waals surface area (Å²) in [6.45, 7) is 2.70. The first-order valence-electron chi connectivity index (χ1n) is 10.8. The first kappa shape index (κ1) is 19.1. The van der Waals surface area contributed by atoms with Gasteiger partial charge in [-0.1, -0.05) is 30.3 Å². The van der Waals surface area contributed by atoms with Gasteiger partial charge in [-0.15, -0.1) is 0 Å². The standard InChI is InChI=1S/C24H28N4O2/c1-15-7-9-18-19(26-15)10-11-20-23(18)27-22(13-16-5-3-2-4-6-16)28(20)17-8-12-21(24(25)29)30-14-17/h2-6,10-11,15,17,21,26H,7-9,12-14H2,1H3,(H2,25,29)/t15-,17+,21-/m0/s1. The minimum atomic E-state index is -0.480. The molecule has 2 aliphatic rings. The van der Waals surface area contributed by atoms with Crippen LogP contribution in [-0.2, 0) is 22.4 Å². The van der Waals surface area contributed by atoms with E-state index in [0.29, 0.717) is 19.1 Å². The molecular weight excluding hydrogens is 376 g/mol. The van der Waals surface area contributed by atoms with E-state index in [4.69, 9.17) is 15.5 Å². The van der Waals surface area contributed by atoms with Crippen LogP contribution < -0.4 is 11.1 Å². The molecule has 0 bridgehead atoms. The molecule has 0 unspecified atom stereocenters. The van der Waals surface area contributed by atoms with Crippen molar-refractivity contribution in [3.8, 4) is 0 Å². The van der Waals surface area contributed by atoms with E-state index in [1.807, 2.05) is 6.07 Å². The van der Waals surface area contributed by atoms with E-state index in [1.165, 1.54) is 16.8 Å². The number of nitrogens with two attached hydrogens (primary N) is 1. The van der Waals surface area contributed by atoms with Gasteiger partial charge in [-0.2, -0.15) is 0 Å². The maximum absolute atomic E-state index is 11.5. The van der Waals surface area contributed by atoms with Crippen molar-refractivity contribution in [2.75, 3.05) is 11.9 Å². The van der Waals surface area contributed by atoms with Crippen LogP contribution in [0.3, 0.4) is 0 Å². The molecule has 3 heterocycles. The largest absolute Gasteiger partial charge is 0.382 e. The van der Waals surface area contributed by atoms with E-state index in [9.17, 15) is 4.79 Å². The van der Waals surface area contributed by atoms with Gasteiger partial charge >= 0.3 is 0 Å². The molecule has 0 radical (unpaired) electrons. The summed E-state index contributed by atoms with van der Waals surface area (Å²) in [5.74, 6) is 0.678. The zero-order valence-electron chi connectivity index (χ0n) is 17.3. The summed E-state index contributed by atoms with van der Waals surface area (Å²) >= 11 is 0. The molecule has 3 aromatic rings. The maximum atomic E-state index is 11.5. The first-order chi connectivity index (χ1) is 14.6. The molecule has 0 aliphatic carbocycles. The van der Waals surface area contributed by atoms with Gasteiger partial charge in [0.2, 0.25) is 5.91 Å². The fourth-order valence-electron chi connectivity index (χ4n) is 4.83. The number of primary amides is 1. The Hall–Kier alpha value is -2.86. The molecular formula is C24H28N4O2. The molecule has 0 saturated carbocycles. The Labute approximate surface area is 176 Å². The highest BCUT2D eigenvalue weighted by atomic mass is 16.5. The van der Waals surface area contributed by atoms with Gasteiger partial charge in [-0.05, 0) is 50.3 Å². The molecule has 1 fully saturated rings. The van der Waals surface area contributed by atoms with Crippen molar-refractivity contribution in [2.24, 2.45) is 5.73 Å². The molecule has 0 spiro atoms. The highest BCUT2D eigenvalue weighted by Gasteiger charge is 2.30.